The van der Waals surface area contributed by atoms with E-state index in [-0.39, 0.29) is 18.0 Å². The van der Waals surface area contributed by atoms with Gasteiger partial charge in [0, 0.05) is 13.1 Å². The average Bonchev–Trinajstić information content (AvgIpc) is 3.45. The highest BCUT2D eigenvalue weighted by Gasteiger charge is 2.29. The van der Waals surface area contributed by atoms with Gasteiger partial charge in [-0.1, -0.05) is 18.2 Å². The number of amides is 1. The summed E-state index contributed by atoms with van der Waals surface area (Å²) >= 11 is 0. The fourth-order valence-electron chi connectivity index (χ4n) is 4.75. The molecule has 0 saturated carbocycles. The van der Waals surface area contributed by atoms with Gasteiger partial charge >= 0.3 is 6.09 Å². The number of fused-ring (bicyclic) bond motifs is 1. The number of rotatable bonds is 3. The third-order valence-electron chi connectivity index (χ3n) is 6.26. The Morgan fingerprint density at radius 1 is 1.18 bits per heavy atom. The molecule has 0 radical (unpaired) electrons. The Morgan fingerprint density at radius 2 is 2.03 bits per heavy atom. The van der Waals surface area contributed by atoms with Crippen molar-refractivity contribution in [2.45, 2.75) is 51.7 Å². The van der Waals surface area contributed by atoms with Gasteiger partial charge in [0.05, 0.1) is 24.5 Å². The maximum Gasteiger partial charge on any atom is 0.410 e. The number of ether oxygens (including phenoxy) is 1. The molecule has 1 amide bonds. The van der Waals surface area contributed by atoms with Crippen LogP contribution in [0.3, 0.4) is 0 Å². The average molecular weight is 464 g/mol. The summed E-state index contributed by atoms with van der Waals surface area (Å²) in [6.07, 6.45) is 6.36. The van der Waals surface area contributed by atoms with E-state index in [9.17, 15) is 9.18 Å². The number of hydrogen-bond donors (Lipinski definition) is 0. The van der Waals surface area contributed by atoms with Gasteiger partial charge in [-0.3, -0.25) is 0 Å². The van der Waals surface area contributed by atoms with E-state index in [1.165, 1.54) is 6.07 Å². The molecule has 4 heterocycles. The second kappa shape index (κ2) is 8.74. The molecule has 1 fully saturated rings. The van der Waals surface area contributed by atoms with Crippen molar-refractivity contribution in [3.63, 3.8) is 0 Å². The Kier molecular flexibility index (Phi) is 5.75. The van der Waals surface area contributed by atoms with E-state index in [4.69, 9.17) is 9.84 Å². The van der Waals surface area contributed by atoms with Crippen molar-refractivity contribution in [2.24, 2.45) is 0 Å². The molecular formula is C26H30FN5O2. The topological polar surface area (TPSA) is 63.0 Å². The smallest absolute Gasteiger partial charge is 0.410 e. The van der Waals surface area contributed by atoms with Gasteiger partial charge in [-0.25, -0.2) is 18.7 Å². The third kappa shape index (κ3) is 4.49. The van der Waals surface area contributed by atoms with E-state index in [1.54, 1.807) is 17.0 Å². The number of benzene rings is 1. The lowest BCUT2D eigenvalue weighted by atomic mass is 10.0. The Labute approximate surface area is 198 Å². The van der Waals surface area contributed by atoms with E-state index < -0.39 is 5.60 Å². The van der Waals surface area contributed by atoms with Crippen LogP contribution in [0.5, 0.6) is 0 Å². The maximum atomic E-state index is 13.9. The van der Waals surface area contributed by atoms with Gasteiger partial charge in [0.2, 0.25) is 0 Å². The first-order valence-electron chi connectivity index (χ1n) is 11.8. The van der Waals surface area contributed by atoms with Crippen LogP contribution in [0, 0.1) is 5.82 Å². The molecule has 2 aliphatic heterocycles. The van der Waals surface area contributed by atoms with Crippen LogP contribution in [0.4, 0.5) is 15.0 Å². The van der Waals surface area contributed by atoms with Gasteiger partial charge in [0.15, 0.2) is 5.65 Å². The summed E-state index contributed by atoms with van der Waals surface area (Å²) in [5.41, 5.74) is 3.04. The Hall–Kier alpha value is -3.42. The molecule has 0 bridgehead atoms. The van der Waals surface area contributed by atoms with E-state index in [1.807, 2.05) is 49.7 Å². The van der Waals surface area contributed by atoms with E-state index >= 15 is 0 Å². The number of halogens is 1. The standard InChI is InChI=1S/C26H30FN5O2/c1-26(2,3)34-25(33)30-13-5-8-19(17-30)22-16-28-23-11-12-24(29-32(22)23)31-14-6-10-21(31)18-7-4-9-20(27)15-18/h4,7-9,11-12,15-16,21H,5-6,10,13-14,17H2,1-3H3/t21-/m1/s1. The number of hydrogen-bond acceptors (Lipinski definition) is 5. The molecule has 2 aliphatic rings. The Morgan fingerprint density at radius 3 is 2.82 bits per heavy atom. The molecule has 2 aromatic heterocycles. The number of nitrogens with zero attached hydrogens (tertiary/aromatic N) is 5. The van der Waals surface area contributed by atoms with Crippen LogP contribution in [-0.2, 0) is 4.74 Å². The molecule has 0 aliphatic carbocycles. The summed E-state index contributed by atoms with van der Waals surface area (Å²) in [5, 5.41) is 4.93. The zero-order valence-corrected chi connectivity index (χ0v) is 19.9. The van der Waals surface area contributed by atoms with Crippen molar-refractivity contribution in [1.29, 1.82) is 0 Å². The summed E-state index contributed by atoms with van der Waals surface area (Å²) in [6.45, 7) is 7.55. The molecule has 1 aromatic carbocycles. The largest absolute Gasteiger partial charge is 0.444 e. The predicted octanol–water partition coefficient (Wildman–Crippen LogP) is 5.23. The first kappa shape index (κ1) is 22.4. The predicted molar refractivity (Wildman–Crippen MR) is 129 cm³/mol. The van der Waals surface area contributed by atoms with Gasteiger partial charge in [-0.05, 0) is 75.4 Å². The zero-order chi connectivity index (χ0) is 23.9. The molecule has 1 atom stereocenters. The molecular weight excluding hydrogens is 433 g/mol. The van der Waals surface area contributed by atoms with Crippen LogP contribution in [0.15, 0.2) is 48.7 Å². The lowest BCUT2D eigenvalue weighted by Gasteiger charge is -2.30. The number of anilines is 1. The van der Waals surface area contributed by atoms with Gasteiger partial charge in [-0.15, -0.1) is 5.10 Å². The van der Waals surface area contributed by atoms with Crippen molar-refractivity contribution < 1.29 is 13.9 Å². The van der Waals surface area contributed by atoms with Gasteiger partial charge < -0.3 is 14.5 Å². The van der Waals surface area contributed by atoms with Crippen molar-refractivity contribution in [2.75, 3.05) is 24.5 Å². The summed E-state index contributed by atoms with van der Waals surface area (Å²) in [5.74, 6) is 0.613. The van der Waals surface area contributed by atoms with Crippen LogP contribution in [0.25, 0.3) is 11.2 Å². The summed E-state index contributed by atoms with van der Waals surface area (Å²) in [7, 11) is 0. The quantitative estimate of drug-likeness (QED) is 0.532. The molecule has 8 heteroatoms. The van der Waals surface area contributed by atoms with Crippen molar-refractivity contribution in [3.05, 3.63) is 65.7 Å². The summed E-state index contributed by atoms with van der Waals surface area (Å²) < 4.78 is 21.3. The summed E-state index contributed by atoms with van der Waals surface area (Å²) in [4.78, 5) is 21.1. The number of carbonyl (C=O) groups excluding carboxylic acids is 1. The van der Waals surface area contributed by atoms with Gasteiger partial charge in [0.1, 0.15) is 17.2 Å². The first-order chi connectivity index (χ1) is 16.3. The molecule has 0 N–H and O–H groups in total. The lowest BCUT2D eigenvalue weighted by Crippen LogP contribution is -2.39. The molecule has 0 unspecified atom stereocenters. The molecule has 7 nitrogen and oxygen atoms in total. The van der Waals surface area contributed by atoms with Crippen LogP contribution in [0.1, 0.15) is 57.3 Å². The van der Waals surface area contributed by atoms with Gasteiger partial charge in [0.25, 0.3) is 0 Å². The lowest BCUT2D eigenvalue weighted by molar-refractivity contribution is 0.0273. The minimum absolute atomic E-state index is 0.0872. The third-order valence-corrected chi connectivity index (χ3v) is 6.26. The second-order valence-corrected chi connectivity index (χ2v) is 9.93. The molecule has 3 aromatic rings. The molecule has 178 valence electrons. The van der Waals surface area contributed by atoms with Crippen molar-refractivity contribution in [3.8, 4) is 0 Å². The van der Waals surface area contributed by atoms with Crippen LogP contribution in [0.2, 0.25) is 0 Å². The number of imidazole rings is 1. The molecule has 1 saturated heterocycles. The van der Waals surface area contributed by atoms with E-state index in [2.05, 4.69) is 16.0 Å². The molecule has 34 heavy (non-hydrogen) atoms. The number of carbonyl (C=O) groups is 1. The van der Waals surface area contributed by atoms with Crippen LogP contribution >= 0.6 is 0 Å². The van der Waals surface area contributed by atoms with E-state index in [0.29, 0.717) is 13.1 Å². The zero-order valence-electron chi connectivity index (χ0n) is 19.9. The van der Waals surface area contributed by atoms with Crippen LogP contribution < -0.4 is 4.90 Å². The summed E-state index contributed by atoms with van der Waals surface area (Å²) in [6, 6.07) is 10.9. The second-order valence-electron chi connectivity index (χ2n) is 9.93. The maximum absolute atomic E-state index is 13.9. The molecule has 0 spiro atoms. The normalized spacial score (nSPS) is 18.9. The first-order valence-corrected chi connectivity index (χ1v) is 11.8. The SMILES string of the molecule is CC(C)(C)OC(=O)N1CCC=C(c2cnc3ccc(N4CCC[C@@H]4c4cccc(F)c4)nn23)C1. The molecule has 5 rings (SSSR count). The van der Waals surface area contributed by atoms with Gasteiger partial charge in [-0.2, -0.15) is 0 Å². The van der Waals surface area contributed by atoms with E-state index in [0.717, 1.165) is 54.1 Å². The highest BCUT2D eigenvalue weighted by molar-refractivity contribution is 5.75. The minimum atomic E-state index is -0.536. The fraction of sp³-hybridized carbons (Fsp3) is 0.423. The van der Waals surface area contributed by atoms with Crippen LogP contribution in [-0.4, -0.2) is 50.8 Å². The monoisotopic (exact) mass is 463 g/mol. The fourth-order valence-corrected chi connectivity index (χ4v) is 4.75. The van der Waals surface area contributed by atoms with Crippen molar-refractivity contribution in [1.82, 2.24) is 19.5 Å². The highest BCUT2D eigenvalue weighted by atomic mass is 19.1. The van der Waals surface area contributed by atoms with Crippen molar-refractivity contribution >= 4 is 23.1 Å². The Balaban J connectivity index is 1.42. The highest BCUT2D eigenvalue weighted by Crippen LogP contribution is 2.35. The Bertz CT molecular complexity index is 1250. The minimum Gasteiger partial charge on any atom is -0.444 e. The number of aromatic nitrogens is 3.